The summed E-state index contributed by atoms with van der Waals surface area (Å²) in [5, 5.41) is 5.28. The third-order valence-corrected chi connectivity index (χ3v) is 2.94. The first-order valence-corrected chi connectivity index (χ1v) is 6.35. The molecule has 5 nitrogen and oxygen atoms in total. The predicted molar refractivity (Wildman–Crippen MR) is 72.7 cm³/mol. The van der Waals surface area contributed by atoms with Crippen LogP contribution in [-0.4, -0.2) is 23.3 Å². The molecule has 2 amide bonds. The molecule has 0 spiro atoms. The smallest absolute Gasteiger partial charge is 0.243 e. The second kappa shape index (κ2) is 6.13. The molecule has 19 heavy (non-hydrogen) atoms. The molecule has 1 aliphatic rings. The van der Waals surface area contributed by atoms with E-state index in [0.29, 0.717) is 18.3 Å². The van der Waals surface area contributed by atoms with Crippen molar-refractivity contribution in [3.8, 4) is 0 Å². The molecule has 1 aromatic heterocycles. The number of hydrogen-bond donors (Lipinski definition) is 2. The fourth-order valence-electron chi connectivity index (χ4n) is 1.76. The first kappa shape index (κ1) is 13.3. The number of rotatable bonds is 6. The molecule has 1 aliphatic carbocycles. The summed E-state index contributed by atoms with van der Waals surface area (Å²) < 4.78 is 0. The number of nitrogens with one attached hydrogen (secondary N) is 2. The molecule has 0 radical (unpaired) electrons. The monoisotopic (exact) mass is 259 g/mol. The molecule has 0 bridgehead atoms. The van der Waals surface area contributed by atoms with Crippen LogP contribution in [0.25, 0.3) is 0 Å². The first-order chi connectivity index (χ1) is 9.19. The van der Waals surface area contributed by atoms with Crippen molar-refractivity contribution >= 4 is 17.6 Å². The minimum absolute atomic E-state index is 0.162. The molecule has 1 saturated carbocycles. The van der Waals surface area contributed by atoms with Gasteiger partial charge in [-0.25, -0.2) is 4.98 Å². The number of aromatic nitrogens is 1. The molecule has 100 valence electrons. The van der Waals surface area contributed by atoms with E-state index >= 15 is 0 Å². The predicted octanol–water partition coefficient (Wildman–Crippen LogP) is 1.59. The quantitative estimate of drug-likeness (QED) is 0.762. The van der Waals surface area contributed by atoms with E-state index in [1.165, 1.54) is 24.5 Å². The Hall–Kier alpha value is -2.17. The molecule has 0 atom stereocenters. The summed E-state index contributed by atoms with van der Waals surface area (Å²) >= 11 is 0. The Bertz CT molecular complexity index is 495. The second-order valence-electron chi connectivity index (χ2n) is 4.54. The molecular weight excluding hydrogens is 242 g/mol. The van der Waals surface area contributed by atoms with Gasteiger partial charge in [0.15, 0.2) is 0 Å². The lowest BCUT2D eigenvalue weighted by molar-refractivity contribution is -0.117. The van der Waals surface area contributed by atoms with Crippen LogP contribution in [0.2, 0.25) is 0 Å². The van der Waals surface area contributed by atoms with Crippen LogP contribution >= 0.6 is 0 Å². The van der Waals surface area contributed by atoms with Crippen LogP contribution in [0.4, 0.5) is 5.82 Å². The summed E-state index contributed by atoms with van der Waals surface area (Å²) in [7, 11) is 0. The van der Waals surface area contributed by atoms with E-state index in [2.05, 4.69) is 22.2 Å². The number of anilines is 1. The summed E-state index contributed by atoms with van der Waals surface area (Å²) in [5.74, 6) is 0.765. The van der Waals surface area contributed by atoms with Crippen molar-refractivity contribution in [1.29, 1.82) is 0 Å². The maximum atomic E-state index is 11.7. The van der Waals surface area contributed by atoms with Crippen molar-refractivity contribution in [2.24, 2.45) is 0 Å². The lowest BCUT2D eigenvalue weighted by Gasteiger charge is -2.06. The van der Waals surface area contributed by atoms with E-state index in [-0.39, 0.29) is 18.2 Å². The summed E-state index contributed by atoms with van der Waals surface area (Å²) in [4.78, 5) is 26.7. The van der Waals surface area contributed by atoms with Crippen molar-refractivity contribution in [1.82, 2.24) is 10.3 Å². The number of carbonyl (C=O) groups is 2. The second-order valence-corrected chi connectivity index (χ2v) is 4.54. The SMILES string of the molecule is C=CC(=O)NCCC(=O)Nc1cc(C2CC2)ccn1. The minimum Gasteiger partial charge on any atom is -0.352 e. The summed E-state index contributed by atoms with van der Waals surface area (Å²) in [5.41, 5.74) is 1.23. The van der Waals surface area contributed by atoms with Crippen molar-refractivity contribution in [3.63, 3.8) is 0 Å². The molecular formula is C14H17N3O2. The van der Waals surface area contributed by atoms with Crippen LogP contribution in [0.3, 0.4) is 0 Å². The van der Waals surface area contributed by atoms with Crippen LogP contribution in [0.1, 0.15) is 30.7 Å². The summed E-state index contributed by atoms with van der Waals surface area (Å²) in [6.07, 6.45) is 5.53. The van der Waals surface area contributed by atoms with E-state index < -0.39 is 0 Å². The van der Waals surface area contributed by atoms with Crippen molar-refractivity contribution < 1.29 is 9.59 Å². The van der Waals surface area contributed by atoms with Crippen LogP contribution in [0.5, 0.6) is 0 Å². The van der Waals surface area contributed by atoms with E-state index in [1.807, 2.05) is 12.1 Å². The van der Waals surface area contributed by atoms with Gasteiger partial charge in [0.2, 0.25) is 11.8 Å². The van der Waals surface area contributed by atoms with Crippen molar-refractivity contribution in [2.75, 3.05) is 11.9 Å². The van der Waals surface area contributed by atoms with Crippen LogP contribution in [0, 0.1) is 0 Å². The standard InChI is InChI=1S/C14H17N3O2/c1-2-13(18)16-8-6-14(19)17-12-9-11(5-7-15-12)10-3-4-10/h2,5,7,9-10H,1,3-4,6,8H2,(H,16,18)(H,15,17,19). The number of amides is 2. The average Bonchev–Trinajstić information content (AvgIpc) is 3.23. The largest absolute Gasteiger partial charge is 0.352 e. The minimum atomic E-state index is -0.276. The molecule has 1 heterocycles. The summed E-state index contributed by atoms with van der Waals surface area (Å²) in [6, 6.07) is 3.90. The Morgan fingerprint density at radius 3 is 2.95 bits per heavy atom. The van der Waals surface area contributed by atoms with E-state index in [0.717, 1.165) is 0 Å². The Balaban J connectivity index is 1.79. The number of nitrogens with zero attached hydrogens (tertiary/aromatic N) is 1. The maximum absolute atomic E-state index is 11.7. The topological polar surface area (TPSA) is 71.1 Å². The van der Waals surface area contributed by atoms with Gasteiger partial charge in [0.1, 0.15) is 5.82 Å². The van der Waals surface area contributed by atoms with Crippen LogP contribution in [-0.2, 0) is 9.59 Å². The lowest BCUT2D eigenvalue weighted by Crippen LogP contribution is -2.26. The zero-order chi connectivity index (χ0) is 13.7. The summed E-state index contributed by atoms with van der Waals surface area (Å²) in [6.45, 7) is 3.63. The van der Waals surface area contributed by atoms with Crippen molar-refractivity contribution in [3.05, 3.63) is 36.5 Å². The highest BCUT2D eigenvalue weighted by Gasteiger charge is 2.23. The molecule has 5 heteroatoms. The van der Waals surface area contributed by atoms with Crippen molar-refractivity contribution in [2.45, 2.75) is 25.2 Å². The van der Waals surface area contributed by atoms with Gasteiger partial charge in [0.05, 0.1) is 0 Å². The van der Waals surface area contributed by atoms with Gasteiger partial charge in [-0.2, -0.15) is 0 Å². The highest BCUT2D eigenvalue weighted by molar-refractivity contribution is 5.91. The van der Waals surface area contributed by atoms with E-state index in [9.17, 15) is 9.59 Å². The average molecular weight is 259 g/mol. The first-order valence-electron chi connectivity index (χ1n) is 6.35. The van der Waals surface area contributed by atoms with Gasteiger partial charge in [0, 0.05) is 19.2 Å². The van der Waals surface area contributed by atoms with Gasteiger partial charge < -0.3 is 10.6 Å². The van der Waals surface area contributed by atoms with Gasteiger partial charge in [-0.05, 0) is 42.5 Å². The Labute approximate surface area is 112 Å². The normalized spacial score (nSPS) is 13.7. The molecule has 2 rings (SSSR count). The number of hydrogen-bond acceptors (Lipinski definition) is 3. The Kier molecular flexibility index (Phi) is 4.28. The number of pyridine rings is 1. The van der Waals surface area contributed by atoms with Gasteiger partial charge in [0.25, 0.3) is 0 Å². The van der Waals surface area contributed by atoms with Gasteiger partial charge >= 0.3 is 0 Å². The van der Waals surface area contributed by atoms with E-state index in [4.69, 9.17) is 0 Å². The molecule has 0 unspecified atom stereocenters. The number of carbonyl (C=O) groups excluding carboxylic acids is 2. The molecule has 2 N–H and O–H groups in total. The Morgan fingerprint density at radius 1 is 1.47 bits per heavy atom. The lowest BCUT2D eigenvalue weighted by atomic mass is 10.2. The van der Waals surface area contributed by atoms with Gasteiger partial charge in [-0.15, -0.1) is 0 Å². The van der Waals surface area contributed by atoms with Crippen LogP contribution < -0.4 is 10.6 Å². The highest BCUT2D eigenvalue weighted by Crippen LogP contribution is 2.40. The molecule has 0 saturated heterocycles. The van der Waals surface area contributed by atoms with Gasteiger partial charge in [-0.1, -0.05) is 6.58 Å². The fraction of sp³-hybridized carbons (Fsp3) is 0.357. The third-order valence-electron chi connectivity index (χ3n) is 2.94. The zero-order valence-electron chi connectivity index (χ0n) is 10.7. The third kappa shape index (κ3) is 4.21. The van der Waals surface area contributed by atoms with Crippen LogP contribution in [0.15, 0.2) is 31.0 Å². The maximum Gasteiger partial charge on any atom is 0.243 e. The highest BCUT2D eigenvalue weighted by atomic mass is 16.2. The zero-order valence-corrected chi connectivity index (χ0v) is 10.7. The van der Waals surface area contributed by atoms with Gasteiger partial charge in [-0.3, -0.25) is 9.59 Å². The molecule has 0 aromatic carbocycles. The fourth-order valence-corrected chi connectivity index (χ4v) is 1.76. The molecule has 1 fully saturated rings. The van der Waals surface area contributed by atoms with E-state index in [1.54, 1.807) is 6.20 Å². The molecule has 0 aliphatic heterocycles. The Morgan fingerprint density at radius 2 is 2.26 bits per heavy atom. The molecule has 1 aromatic rings.